The minimum Gasteiger partial charge on any atom is -0.477 e. The standard InChI is InChI=1S/C15H15BrN2O2/c1-18(9-11-5-2-3-7-13(11)16)10-12-6-4-8-17-14(12)15(19)20/h2-8H,9-10H2,1H3,(H,19,20). The molecule has 0 fully saturated rings. The van der Waals surface area contributed by atoms with Crippen molar-refractivity contribution in [3.63, 3.8) is 0 Å². The molecule has 2 rings (SSSR count). The van der Waals surface area contributed by atoms with Gasteiger partial charge in [-0.15, -0.1) is 0 Å². The molecular formula is C15H15BrN2O2. The number of halogens is 1. The van der Waals surface area contributed by atoms with Crippen molar-refractivity contribution < 1.29 is 9.90 Å². The van der Waals surface area contributed by atoms with Crippen LogP contribution in [0.4, 0.5) is 0 Å². The second-order valence-corrected chi connectivity index (χ2v) is 5.43. The second-order valence-electron chi connectivity index (χ2n) is 4.58. The Morgan fingerprint density at radius 2 is 1.85 bits per heavy atom. The van der Waals surface area contributed by atoms with E-state index in [4.69, 9.17) is 5.11 Å². The van der Waals surface area contributed by atoms with Gasteiger partial charge in [-0.1, -0.05) is 40.2 Å². The summed E-state index contributed by atoms with van der Waals surface area (Å²) in [7, 11) is 1.96. The molecule has 1 aromatic heterocycles. The lowest BCUT2D eigenvalue weighted by Gasteiger charge is -2.18. The van der Waals surface area contributed by atoms with E-state index < -0.39 is 5.97 Å². The maximum atomic E-state index is 11.1. The lowest BCUT2D eigenvalue weighted by Crippen LogP contribution is -2.19. The van der Waals surface area contributed by atoms with E-state index in [1.54, 1.807) is 12.1 Å². The van der Waals surface area contributed by atoms with E-state index in [-0.39, 0.29) is 5.69 Å². The second kappa shape index (κ2) is 6.63. The molecule has 0 aliphatic carbocycles. The van der Waals surface area contributed by atoms with Gasteiger partial charge in [0.25, 0.3) is 0 Å². The highest BCUT2D eigenvalue weighted by Crippen LogP contribution is 2.18. The molecular weight excluding hydrogens is 320 g/mol. The number of aromatic carboxylic acids is 1. The quantitative estimate of drug-likeness (QED) is 0.912. The summed E-state index contributed by atoms with van der Waals surface area (Å²) in [5, 5.41) is 9.12. The number of aromatic nitrogens is 1. The Labute approximate surface area is 126 Å². The molecule has 0 atom stereocenters. The van der Waals surface area contributed by atoms with Crippen LogP contribution >= 0.6 is 15.9 Å². The molecule has 0 bridgehead atoms. The highest BCUT2D eigenvalue weighted by atomic mass is 79.9. The molecule has 0 radical (unpaired) electrons. The van der Waals surface area contributed by atoms with Crippen molar-refractivity contribution in [1.29, 1.82) is 0 Å². The first-order chi connectivity index (χ1) is 9.58. The Hall–Kier alpha value is -1.72. The van der Waals surface area contributed by atoms with Crippen LogP contribution in [0.2, 0.25) is 0 Å². The number of hydrogen-bond acceptors (Lipinski definition) is 3. The van der Waals surface area contributed by atoms with Crippen LogP contribution < -0.4 is 0 Å². The van der Waals surface area contributed by atoms with Crippen molar-refractivity contribution in [2.75, 3.05) is 7.05 Å². The normalized spacial score (nSPS) is 10.8. The predicted molar refractivity (Wildman–Crippen MR) is 80.5 cm³/mol. The zero-order valence-electron chi connectivity index (χ0n) is 11.1. The van der Waals surface area contributed by atoms with Crippen LogP contribution in [0.25, 0.3) is 0 Å². The Morgan fingerprint density at radius 3 is 2.55 bits per heavy atom. The third-order valence-electron chi connectivity index (χ3n) is 2.93. The zero-order valence-corrected chi connectivity index (χ0v) is 12.7. The first-order valence-corrected chi connectivity index (χ1v) is 6.96. The third-order valence-corrected chi connectivity index (χ3v) is 3.71. The van der Waals surface area contributed by atoms with Gasteiger partial charge in [-0.2, -0.15) is 0 Å². The number of nitrogens with zero attached hydrogens (tertiary/aromatic N) is 2. The van der Waals surface area contributed by atoms with Gasteiger partial charge in [-0.05, 0) is 30.3 Å². The Kier molecular flexibility index (Phi) is 4.87. The van der Waals surface area contributed by atoms with Crippen LogP contribution in [0.5, 0.6) is 0 Å². The van der Waals surface area contributed by atoms with Crippen molar-refractivity contribution in [2.24, 2.45) is 0 Å². The van der Waals surface area contributed by atoms with Gasteiger partial charge in [-0.25, -0.2) is 9.78 Å². The molecule has 1 N–H and O–H groups in total. The minimum absolute atomic E-state index is 0.117. The molecule has 0 unspecified atom stereocenters. The van der Waals surface area contributed by atoms with Crippen molar-refractivity contribution in [2.45, 2.75) is 13.1 Å². The molecule has 0 saturated carbocycles. The van der Waals surface area contributed by atoms with Crippen LogP contribution in [0.3, 0.4) is 0 Å². The van der Waals surface area contributed by atoms with Gasteiger partial charge in [0.15, 0.2) is 5.69 Å². The summed E-state index contributed by atoms with van der Waals surface area (Å²) in [4.78, 5) is 17.1. The first-order valence-electron chi connectivity index (χ1n) is 6.17. The van der Waals surface area contributed by atoms with E-state index in [0.717, 1.165) is 22.1 Å². The average molecular weight is 335 g/mol. The van der Waals surface area contributed by atoms with Gasteiger partial charge < -0.3 is 5.11 Å². The Bertz CT molecular complexity index is 616. The van der Waals surface area contributed by atoms with Crippen LogP contribution in [0.1, 0.15) is 21.6 Å². The maximum absolute atomic E-state index is 11.1. The van der Waals surface area contributed by atoms with Gasteiger partial charge >= 0.3 is 5.97 Å². The summed E-state index contributed by atoms with van der Waals surface area (Å²) in [5.74, 6) is -0.991. The molecule has 0 aliphatic heterocycles. The highest BCUT2D eigenvalue weighted by Gasteiger charge is 2.13. The summed E-state index contributed by atoms with van der Waals surface area (Å²) in [5.41, 5.74) is 2.00. The molecule has 0 saturated heterocycles. The van der Waals surface area contributed by atoms with Gasteiger partial charge in [0.2, 0.25) is 0 Å². The van der Waals surface area contributed by atoms with Crippen molar-refractivity contribution in [3.8, 4) is 0 Å². The van der Waals surface area contributed by atoms with E-state index >= 15 is 0 Å². The van der Waals surface area contributed by atoms with Crippen LogP contribution in [0.15, 0.2) is 47.1 Å². The lowest BCUT2D eigenvalue weighted by molar-refractivity contribution is 0.0688. The van der Waals surface area contributed by atoms with Crippen molar-refractivity contribution in [1.82, 2.24) is 9.88 Å². The third kappa shape index (κ3) is 3.65. The molecule has 2 aromatic rings. The summed E-state index contributed by atoms with van der Waals surface area (Å²) in [6.07, 6.45) is 1.50. The maximum Gasteiger partial charge on any atom is 0.354 e. The van der Waals surface area contributed by atoms with E-state index in [0.29, 0.717) is 6.54 Å². The smallest absolute Gasteiger partial charge is 0.354 e. The molecule has 4 nitrogen and oxygen atoms in total. The molecule has 0 spiro atoms. The summed E-state index contributed by atoms with van der Waals surface area (Å²) in [6.45, 7) is 1.27. The SMILES string of the molecule is CN(Cc1ccccc1Br)Cc1cccnc1C(=O)O. The number of carboxylic acids is 1. The molecule has 1 aromatic carbocycles. The predicted octanol–water partition coefficient (Wildman–Crippen LogP) is 3.17. The van der Waals surface area contributed by atoms with E-state index in [9.17, 15) is 4.79 Å². The van der Waals surface area contributed by atoms with E-state index in [1.165, 1.54) is 6.20 Å². The number of pyridine rings is 1. The number of rotatable bonds is 5. The summed E-state index contributed by atoms with van der Waals surface area (Å²) < 4.78 is 1.05. The molecule has 5 heteroatoms. The van der Waals surface area contributed by atoms with E-state index in [2.05, 4.69) is 25.8 Å². The monoisotopic (exact) mass is 334 g/mol. The molecule has 20 heavy (non-hydrogen) atoms. The number of benzene rings is 1. The van der Waals surface area contributed by atoms with Crippen molar-refractivity contribution in [3.05, 3.63) is 63.9 Å². The van der Waals surface area contributed by atoms with E-state index in [1.807, 2.05) is 31.3 Å². The zero-order chi connectivity index (χ0) is 14.5. The first kappa shape index (κ1) is 14.7. The molecule has 0 amide bonds. The molecule has 104 valence electrons. The van der Waals surface area contributed by atoms with Crippen LogP contribution in [-0.4, -0.2) is 28.0 Å². The van der Waals surface area contributed by atoms with Crippen molar-refractivity contribution >= 4 is 21.9 Å². The van der Waals surface area contributed by atoms with Gasteiger partial charge in [-0.3, -0.25) is 4.90 Å². The fourth-order valence-electron chi connectivity index (χ4n) is 2.02. The lowest BCUT2D eigenvalue weighted by atomic mass is 10.1. The Balaban J connectivity index is 2.11. The topological polar surface area (TPSA) is 53.4 Å². The summed E-state index contributed by atoms with van der Waals surface area (Å²) >= 11 is 3.51. The Morgan fingerprint density at radius 1 is 1.20 bits per heavy atom. The van der Waals surface area contributed by atoms with Crippen LogP contribution in [-0.2, 0) is 13.1 Å². The van der Waals surface area contributed by atoms with Gasteiger partial charge in [0.1, 0.15) is 0 Å². The van der Waals surface area contributed by atoms with Gasteiger partial charge in [0, 0.05) is 23.8 Å². The average Bonchev–Trinajstić information content (AvgIpc) is 2.41. The number of carboxylic acid groups (broad SMARTS) is 1. The molecule has 0 aliphatic rings. The fourth-order valence-corrected chi connectivity index (χ4v) is 2.43. The fraction of sp³-hybridized carbons (Fsp3) is 0.200. The highest BCUT2D eigenvalue weighted by molar-refractivity contribution is 9.10. The largest absolute Gasteiger partial charge is 0.477 e. The van der Waals surface area contributed by atoms with Crippen LogP contribution in [0, 0.1) is 0 Å². The minimum atomic E-state index is -0.991. The number of hydrogen-bond donors (Lipinski definition) is 1. The number of carbonyl (C=O) groups is 1. The molecule has 1 heterocycles. The van der Waals surface area contributed by atoms with Gasteiger partial charge in [0.05, 0.1) is 0 Å². The summed E-state index contributed by atoms with van der Waals surface area (Å²) in [6, 6.07) is 11.6.